The van der Waals surface area contributed by atoms with Crippen molar-refractivity contribution in [2.45, 2.75) is 6.42 Å². The van der Waals surface area contributed by atoms with Gasteiger partial charge in [-0.1, -0.05) is 30.3 Å². The lowest BCUT2D eigenvalue weighted by molar-refractivity contribution is 1.31. The molecule has 0 bridgehead atoms. The molecule has 18 heavy (non-hydrogen) atoms. The fourth-order valence-electron chi connectivity index (χ4n) is 2.24. The van der Waals surface area contributed by atoms with Gasteiger partial charge in [-0.25, -0.2) is 0 Å². The molecule has 0 unspecified atom stereocenters. The Bertz CT molecular complexity index is 799. The molecular formula is C16H12OS. The van der Waals surface area contributed by atoms with E-state index in [2.05, 4.69) is 6.58 Å². The first-order chi connectivity index (χ1) is 8.81. The zero-order valence-electron chi connectivity index (χ0n) is 9.85. The molecule has 0 aliphatic rings. The molecule has 0 aliphatic heterocycles. The molecule has 0 spiro atoms. The van der Waals surface area contributed by atoms with Gasteiger partial charge in [-0.3, -0.25) is 4.79 Å². The molecule has 3 aromatic rings. The standard InChI is InChI=1S/C16H12OS/c1-2-6-11-7-5-10-14-15(11)16(17)12-8-3-4-9-13(12)18-14/h2-5,7-10H,1,6H2. The Morgan fingerprint density at radius 3 is 2.67 bits per heavy atom. The topological polar surface area (TPSA) is 17.1 Å². The lowest BCUT2D eigenvalue weighted by Gasteiger charge is -2.05. The van der Waals surface area contributed by atoms with E-state index in [0.717, 1.165) is 32.2 Å². The van der Waals surface area contributed by atoms with E-state index >= 15 is 0 Å². The van der Waals surface area contributed by atoms with Crippen molar-refractivity contribution >= 4 is 31.5 Å². The SMILES string of the molecule is C=CCc1cccc2sc3ccccc3c(=O)c12. The fourth-order valence-corrected chi connectivity index (χ4v) is 3.37. The summed E-state index contributed by atoms with van der Waals surface area (Å²) in [5.41, 5.74) is 1.20. The predicted octanol–water partition coefficient (Wildman–Crippen LogP) is 4.14. The van der Waals surface area contributed by atoms with Crippen LogP contribution in [0.3, 0.4) is 0 Å². The van der Waals surface area contributed by atoms with Crippen molar-refractivity contribution in [3.8, 4) is 0 Å². The zero-order chi connectivity index (χ0) is 12.5. The highest BCUT2D eigenvalue weighted by molar-refractivity contribution is 7.24. The number of allylic oxidation sites excluding steroid dienone is 1. The van der Waals surface area contributed by atoms with Gasteiger partial charge in [0.15, 0.2) is 5.43 Å². The maximum Gasteiger partial charge on any atom is 0.196 e. The second-order valence-corrected chi connectivity index (χ2v) is 5.29. The van der Waals surface area contributed by atoms with Crippen LogP contribution >= 0.6 is 11.3 Å². The van der Waals surface area contributed by atoms with Gasteiger partial charge in [0.2, 0.25) is 0 Å². The van der Waals surface area contributed by atoms with Crippen molar-refractivity contribution in [2.24, 2.45) is 0 Å². The Morgan fingerprint density at radius 2 is 1.83 bits per heavy atom. The normalized spacial score (nSPS) is 10.9. The summed E-state index contributed by atoms with van der Waals surface area (Å²) < 4.78 is 2.10. The lowest BCUT2D eigenvalue weighted by atomic mass is 10.1. The Kier molecular flexibility index (Phi) is 2.73. The van der Waals surface area contributed by atoms with Gasteiger partial charge in [0.1, 0.15) is 0 Å². The highest BCUT2D eigenvalue weighted by Crippen LogP contribution is 2.26. The minimum Gasteiger partial charge on any atom is -0.288 e. The molecule has 0 N–H and O–H groups in total. The summed E-state index contributed by atoms with van der Waals surface area (Å²) in [6.45, 7) is 3.76. The Labute approximate surface area is 109 Å². The van der Waals surface area contributed by atoms with E-state index in [1.165, 1.54) is 0 Å². The van der Waals surface area contributed by atoms with Gasteiger partial charge >= 0.3 is 0 Å². The summed E-state index contributed by atoms with van der Waals surface area (Å²) in [5.74, 6) is 0. The number of hydrogen-bond acceptors (Lipinski definition) is 2. The number of fused-ring (bicyclic) bond motifs is 2. The molecule has 0 aliphatic carbocycles. The summed E-state index contributed by atoms with van der Waals surface area (Å²) in [6.07, 6.45) is 2.58. The van der Waals surface area contributed by atoms with Crippen LogP contribution in [0, 0.1) is 0 Å². The Morgan fingerprint density at radius 1 is 1.06 bits per heavy atom. The van der Waals surface area contributed by atoms with Crippen LogP contribution in [0.4, 0.5) is 0 Å². The minimum atomic E-state index is 0.136. The highest BCUT2D eigenvalue weighted by atomic mass is 32.1. The molecule has 0 amide bonds. The fraction of sp³-hybridized carbons (Fsp3) is 0.0625. The maximum absolute atomic E-state index is 12.6. The van der Waals surface area contributed by atoms with Crippen LogP contribution in [0.2, 0.25) is 0 Å². The van der Waals surface area contributed by atoms with Crippen molar-refractivity contribution in [3.63, 3.8) is 0 Å². The number of rotatable bonds is 2. The van der Waals surface area contributed by atoms with Crippen molar-refractivity contribution in [1.82, 2.24) is 0 Å². The third kappa shape index (κ3) is 1.66. The second kappa shape index (κ2) is 4.39. The summed E-state index contributed by atoms with van der Waals surface area (Å²) in [5, 5.41) is 1.66. The van der Waals surface area contributed by atoms with Crippen LogP contribution in [0.1, 0.15) is 5.56 Å². The van der Waals surface area contributed by atoms with Gasteiger partial charge in [-0.15, -0.1) is 17.9 Å². The average Bonchev–Trinajstić information content (AvgIpc) is 2.39. The maximum atomic E-state index is 12.6. The molecule has 1 aromatic heterocycles. The van der Waals surface area contributed by atoms with Crippen LogP contribution in [0.5, 0.6) is 0 Å². The average molecular weight is 252 g/mol. The van der Waals surface area contributed by atoms with Gasteiger partial charge in [0.05, 0.1) is 0 Å². The van der Waals surface area contributed by atoms with Crippen LogP contribution in [-0.2, 0) is 6.42 Å². The van der Waals surface area contributed by atoms with E-state index in [0.29, 0.717) is 0 Å². The third-order valence-corrected chi connectivity index (χ3v) is 4.19. The Balaban J connectivity index is 2.53. The lowest BCUT2D eigenvalue weighted by Crippen LogP contribution is -2.03. The molecule has 1 heterocycles. The summed E-state index contributed by atoms with van der Waals surface area (Å²) in [4.78, 5) is 12.6. The smallest absolute Gasteiger partial charge is 0.196 e. The Hall–Kier alpha value is -1.93. The first-order valence-corrected chi connectivity index (χ1v) is 6.67. The van der Waals surface area contributed by atoms with Crippen LogP contribution in [0.25, 0.3) is 20.2 Å². The van der Waals surface area contributed by atoms with E-state index in [9.17, 15) is 4.79 Å². The van der Waals surface area contributed by atoms with E-state index < -0.39 is 0 Å². The first-order valence-electron chi connectivity index (χ1n) is 5.85. The number of hydrogen-bond donors (Lipinski definition) is 0. The molecule has 0 radical (unpaired) electrons. The third-order valence-electron chi connectivity index (χ3n) is 3.06. The summed E-state index contributed by atoms with van der Waals surface area (Å²) in [6, 6.07) is 13.8. The van der Waals surface area contributed by atoms with Gasteiger partial charge in [-0.05, 0) is 30.2 Å². The summed E-state index contributed by atoms with van der Waals surface area (Å²) >= 11 is 1.67. The monoisotopic (exact) mass is 252 g/mol. The van der Waals surface area contributed by atoms with Gasteiger partial charge in [-0.2, -0.15) is 0 Å². The van der Waals surface area contributed by atoms with Gasteiger partial charge in [0, 0.05) is 20.2 Å². The number of benzene rings is 2. The second-order valence-electron chi connectivity index (χ2n) is 4.21. The molecule has 88 valence electrons. The van der Waals surface area contributed by atoms with Crippen LogP contribution < -0.4 is 5.43 Å². The molecule has 0 saturated heterocycles. The minimum absolute atomic E-state index is 0.136. The van der Waals surface area contributed by atoms with E-state index in [4.69, 9.17) is 0 Å². The molecule has 0 fully saturated rings. The molecule has 2 heteroatoms. The predicted molar refractivity (Wildman–Crippen MR) is 79.5 cm³/mol. The summed E-state index contributed by atoms with van der Waals surface area (Å²) in [7, 11) is 0. The molecular weight excluding hydrogens is 240 g/mol. The molecule has 1 nitrogen and oxygen atoms in total. The van der Waals surface area contributed by atoms with Gasteiger partial charge in [0.25, 0.3) is 0 Å². The van der Waals surface area contributed by atoms with Crippen LogP contribution in [0.15, 0.2) is 59.9 Å². The molecule has 2 aromatic carbocycles. The highest BCUT2D eigenvalue weighted by Gasteiger charge is 2.08. The van der Waals surface area contributed by atoms with Crippen molar-refractivity contribution < 1.29 is 0 Å². The zero-order valence-corrected chi connectivity index (χ0v) is 10.7. The van der Waals surface area contributed by atoms with E-state index in [1.54, 1.807) is 11.3 Å². The largest absolute Gasteiger partial charge is 0.288 e. The van der Waals surface area contributed by atoms with Crippen molar-refractivity contribution in [2.75, 3.05) is 0 Å². The van der Waals surface area contributed by atoms with E-state index in [1.807, 2.05) is 48.5 Å². The van der Waals surface area contributed by atoms with Crippen molar-refractivity contribution in [1.29, 1.82) is 0 Å². The quantitative estimate of drug-likeness (QED) is 0.495. The first kappa shape index (κ1) is 11.2. The van der Waals surface area contributed by atoms with Crippen molar-refractivity contribution in [3.05, 3.63) is 70.9 Å². The molecule has 3 rings (SSSR count). The van der Waals surface area contributed by atoms with Gasteiger partial charge < -0.3 is 0 Å². The molecule has 0 saturated carbocycles. The van der Waals surface area contributed by atoms with E-state index in [-0.39, 0.29) is 5.43 Å². The molecule has 0 atom stereocenters. The van der Waals surface area contributed by atoms with Crippen LogP contribution in [-0.4, -0.2) is 0 Å².